The second-order valence-corrected chi connectivity index (χ2v) is 8.44. The van der Waals surface area contributed by atoms with Gasteiger partial charge in [-0.2, -0.15) is 10.1 Å². The maximum atomic E-state index is 11.6. The summed E-state index contributed by atoms with van der Waals surface area (Å²) in [6, 6.07) is 13.9. The number of aromatic nitrogens is 2. The number of hydrazine groups is 1. The van der Waals surface area contributed by atoms with Crippen LogP contribution in [0.15, 0.2) is 59.8 Å². The van der Waals surface area contributed by atoms with E-state index in [9.17, 15) is 8.42 Å². The molecule has 0 unspecified atom stereocenters. The van der Waals surface area contributed by atoms with E-state index in [1.165, 1.54) is 17.5 Å². The summed E-state index contributed by atoms with van der Waals surface area (Å²) in [4.78, 5) is 8.55. The molecule has 0 spiro atoms. The van der Waals surface area contributed by atoms with Crippen molar-refractivity contribution in [2.75, 3.05) is 26.6 Å². The Kier molecular flexibility index (Phi) is 6.74. The first-order valence-electron chi connectivity index (χ1n) is 8.76. The largest absolute Gasteiger partial charge is 0.337 e. The average Bonchev–Trinajstić information content (AvgIpc) is 2.71. The Bertz CT molecular complexity index is 1200. The summed E-state index contributed by atoms with van der Waals surface area (Å²) < 4.78 is 25.7. The van der Waals surface area contributed by atoms with Gasteiger partial charge in [0.2, 0.25) is 16.0 Å². The topological polar surface area (TPSA) is 164 Å². The van der Waals surface area contributed by atoms with Crippen molar-refractivity contribution in [2.24, 2.45) is 16.8 Å². The molecule has 1 aromatic heterocycles. The maximum absolute atomic E-state index is 11.6. The molecule has 0 aliphatic heterocycles. The summed E-state index contributed by atoms with van der Waals surface area (Å²) in [5.74, 6) is 11.5. The monoisotopic (exact) mass is 461 g/mol. The first-order valence-corrected chi connectivity index (χ1v) is 11.0. The fourth-order valence-electron chi connectivity index (χ4n) is 2.54. The first-order chi connectivity index (χ1) is 14.7. The highest BCUT2D eigenvalue weighted by atomic mass is 35.5. The lowest BCUT2D eigenvalue weighted by molar-refractivity contribution is 0.607. The Morgan fingerprint density at radius 1 is 1.13 bits per heavy atom. The van der Waals surface area contributed by atoms with Crippen molar-refractivity contribution in [3.8, 4) is 0 Å². The van der Waals surface area contributed by atoms with Crippen molar-refractivity contribution < 1.29 is 8.42 Å². The number of hydrazone groups is 1. The summed E-state index contributed by atoms with van der Waals surface area (Å²) in [5.41, 5.74) is 2.12. The van der Waals surface area contributed by atoms with Gasteiger partial charge in [-0.3, -0.25) is 9.73 Å². The molecule has 0 amide bonds. The van der Waals surface area contributed by atoms with E-state index in [1.54, 1.807) is 48.5 Å². The molecular weight excluding hydrogens is 442 g/mol. The lowest BCUT2D eigenvalue weighted by Crippen LogP contribution is -2.29. The van der Waals surface area contributed by atoms with Crippen LogP contribution in [0.25, 0.3) is 0 Å². The fraction of sp³-hybridized carbons (Fsp3) is 0.0556. The van der Waals surface area contributed by atoms with Crippen LogP contribution in [0.3, 0.4) is 0 Å². The summed E-state index contributed by atoms with van der Waals surface area (Å²) in [6.07, 6.45) is 3.76. The Morgan fingerprint density at radius 3 is 2.58 bits per heavy atom. The smallest absolute Gasteiger partial charge is 0.229 e. The fourth-order valence-corrected chi connectivity index (χ4v) is 3.25. The van der Waals surface area contributed by atoms with E-state index in [4.69, 9.17) is 23.3 Å². The highest BCUT2D eigenvalue weighted by Gasteiger charge is 2.11. The van der Waals surface area contributed by atoms with Gasteiger partial charge in [-0.15, -0.1) is 0 Å². The van der Waals surface area contributed by atoms with Crippen molar-refractivity contribution in [3.63, 3.8) is 0 Å². The van der Waals surface area contributed by atoms with Crippen molar-refractivity contribution in [1.82, 2.24) is 9.97 Å². The molecule has 11 nitrogen and oxygen atoms in total. The number of nitrogens with one attached hydrogen (secondary N) is 3. The van der Waals surface area contributed by atoms with Gasteiger partial charge in [0, 0.05) is 5.69 Å². The third kappa shape index (κ3) is 6.18. The molecule has 0 fully saturated rings. The number of halogens is 1. The lowest BCUT2D eigenvalue weighted by atomic mass is 10.2. The second-order valence-electron chi connectivity index (χ2n) is 6.28. The van der Waals surface area contributed by atoms with Crippen LogP contribution >= 0.6 is 11.6 Å². The van der Waals surface area contributed by atoms with Gasteiger partial charge in [0.25, 0.3) is 0 Å². The lowest BCUT2D eigenvalue weighted by Gasteiger charge is -2.15. The molecule has 0 radical (unpaired) electrons. The van der Waals surface area contributed by atoms with Crippen molar-refractivity contribution in [1.29, 1.82) is 0 Å². The first kappa shape index (κ1) is 22.1. The average molecular weight is 462 g/mol. The zero-order valence-electron chi connectivity index (χ0n) is 16.3. The van der Waals surface area contributed by atoms with Gasteiger partial charge >= 0.3 is 0 Å². The highest BCUT2D eigenvalue weighted by molar-refractivity contribution is 7.92. The molecule has 0 aliphatic carbocycles. The van der Waals surface area contributed by atoms with Gasteiger partial charge in [-0.05, 0) is 30.3 Å². The maximum Gasteiger partial charge on any atom is 0.229 e. The van der Waals surface area contributed by atoms with E-state index in [0.717, 1.165) is 6.26 Å². The summed E-state index contributed by atoms with van der Waals surface area (Å²) >= 11 is 6.23. The van der Waals surface area contributed by atoms with Crippen LogP contribution in [0.2, 0.25) is 5.02 Å². The molecule has 2 aromatic carbocycles. The van der Waals surface area contributed by atoms with Crippen molar-refractivity contribution in [3.05, 3.63) is 59.8 Å². The minimum atomic E-state index is -3.47. The van der Waals surface area contributed by atoms with Gasteiger partial charge in [0.05, 0.1) is 29.5 Å². The zero-order chi connectivity index (χ0) is 22.4. The standard InChI is InChI=1S/C18H20ClN9O2S/c1-31(29,30)27-16-8-3-2-7-15(16)25-17-14(19)10-22-18(26-17)24-12-5-4-6-13(9-12)28(21)11-23-20/h2-11,27H,20-21H2,1H3,(H2,22,24,25,26)/b23-11-. The van der Waals surface area contributed by atoms with E-state index in [-0.39, 0.29) is 16.8 Å². The number of anilines is 6. The van der Waals surface area contributed by atoms with Crippen LogP contribution in [0.5, 0.6) is 0 Å². The molecular formula is C18H20ClN9O2S. The number of hydrogen-bond acceptors (Lipinski definition) is 9. The van der Waals surface area contributed by atoms with Crippen molar-refractivity contribution >= 4 is 62.5 Å². The molecule has 0 saturated carbocycles. The van der Waals surface area contributed by atoms with Crippen LogP contribution in [-0.4, -0.2) is 31.0 Å². The summed E-state index contributed by atoms with van der Waals surface area (Å²) in [6.45, 7) is 0. The Labute approximate surface area is 184 Å². The van der Waals surface area contributed by atoms with E-state index in [1.807, 2.05) is 0 Å². The van der Waals surface area contributed by atoms with Gasteiger partial charge in [-0.25, -0.2) is 19.2 Å². The molecule has 0 aliphatic rings. The number of sulfonamides is 1. The zero-order valence-corrected chi connectivity index (χ0v) is 17.9. The Morgan fingerprint density at radius 2 is 1.87 bits per heavy atom. The third-order valence-electron chi connectivity index (χ3n) is 3.81. The van der Waals surface area contributed by atoms with Gasteiger partial charge in [-0.1, -0.05) is 29.8 Å². The molecule has 0 saturated heterocycles. The third-order valence-corrected chi connectivity index (χ3v) is 4.68. The summed E-state index contributed by atoms with van der Waals surface area (Å²) in [7, 11) is -3.47. The van der Waals surface area contributed by atoms with Crippen LogP contribution in [0.4, 0.5) is 34.5 Å². The van der Waals surface area contributed by atoms with Crippen LogP contribution in [-0.2, 0) is 10.0 Å². The Hall–Kier alpha value is -3.61. The quantitative estimate of drug-likeness (QED) is 0.147. The predicted molar refractivity (Wildman–Crippen MR) is 124 cm³/mol. The van der Waals surface area contributed by atoms with Crippen molar-refractivity contribution in [2.45, 2.75) is 0 Å². The molecule has 31 heavy (non-hydrogen) atoms. The Balaban J connectivity index is 1.85. The van der Waals surface area contributed by atoms with Gasteiger partial charge in [0.1, 0.15) is 11.4 Å². The SMILES string of the molecule is CS(=O)(=O)Nc1ccccc1Nc1nc(Nc2cccc(N(N)/C=N\N)c2)ncc1Cl. The second kappa shape index (κ2) is 9.47. The van der Waals surface area contributed by atoms with Crippen LogP contribution < -0.4 is 32.0 Å². The number of nitrogens with two attached hydrogens (primary N) is 2. The minimum absolute atomic E-state index is 0.251. The van der Waals surface area contributed by atoms with E-state index in [0.29, 0.717) is 22.7 Å². The molecule has 0 bridgehead atoms. The van der Waals surface area contributed by atoms with E-state index >= 15 is 0 Å². The highest BCUT2D eigenvalue weighted by Crippen LogP contribution is 2.29. The van der Waals surface area contributed by atoms with Crippen LogP contribution in [0.1, 0.15) is 0 Å². The number of hydrogen-bond donors (Lipinski definition) is 5. The predicted octanol–water partition coefficient (Wildman–Crippen LogP) is 2.57. The van der Waals surface area contributed by atoms with E-state index < -0.39 is 10.0 Å². The number of benzene rings is 2. The molecule has 162 valence electrons. The molecule has 0 atom stereocenters. The number of para-hydroxylation sites is 2. The molecule has 1 heterocycles. The van der Waals surface area contributed by atoms with Gasteiger partial charge in [0.15, 0.2) is 5.82 Å². The van der Waals surface area contributed by atoms with Gasteiger partial charge < -0.3 is 16.5 Å². The number of nitrogens with zero attached hydrogens (tertiary/aromatic N) is 4. The minimum Gasteiger partial charge on any atom is -0.337 e. The van der Waals surface area contributed by atoms with Crippen LogP contribution in [0, 0.1) is 0 Å². The normalized spacial score (nSPS) is 11.3. The summed E-state index contributed by atoms with van der Waals surface area (Å²) in [5, 5.41) is 11.0. The number of rotatable bonds is 8. The molecule has 7 N–H and O–H groups in total. The molecule has 13 heteroatoms. The van der Waals surface area contributed by atoms with E-state index in [2.05, 4.69) is 30.4 Å². The molecule has 3 aromatic rings. The molecule has 3 rings (SSSR count).